The summed E-state index contributed by atoms with van der Waals surface area (Å²) in [6, 6.07) is 20.9. The van der Waals surface area contributed by atoms with Gasteiger partial charge in [0.05, 0.1) is 5.60 Å². The maximum atomic E-state index is 11.2. The van der Waals surface area contributed by atoms with E-state index in [1.165, 1.54) is 11.1 Å². The Kier molecular flexibility index (Phi) is 6.37. The van der Waals surface area contributed by atoms with Crippen molar-refractivity contribution >= 4 is 0 Å². The molecule has 2 atom stereocenters. The van der Waals surface area contributed by atoms with Gasteiger partial charge in [-0.3, -0.25) is 0 Å². The lowest BCUT2D eigenvalue weighted by Gasteiger charge is -2.34. The molecule has 2 heteroatoms. The van der Waals surface area contributed by atoms with E-state index in [2.05, 4.69) is 67.5 Å². The van der Waals surface area contributed by atoms with Crippen molar-refractivity contribution in [1.82, 2.24) is 4.90 Å². The highest BCUT2D eigenvalue weighted by molar-refractivity contribution is 5.27. The summed E-state index contributed by atoms with van der Waals surface area (Å²) in [5.41, 5.74) is 1.77. The highest BCUT2D eigenvalue weighted by Gasteiger charge is 2.32. The smallest absolute Gasteiger partial charge is 0.0691 e. The summed E-state index contributed by atoms with van der Waals surface area (Å²) >= 11 is 0. The zero-order valence-electron chi connectivity index (χ0n) is 14.6. The predicted octanol–water partition coefficient (Wildman–Crippen LogP) is 4.11. The fourth-order valence-electron chi connectivity index (χ4n) is 3.16. The second-order valence-electron chi connectivity index (χ2n) is 6.92. The molecule has 0 saturated carbocycles. The molecule has 2 nitrogen and oxygen atoms in total. The summed E-state index contributed by atoms with van der Waals surface area (Å²) in [5, 5.41) is 11.2. The van der Waals surface area contributed by atoms with Crippen LogP contribution in [0.3, 0.4) is 0 Å². The van der Waals surface area contributed by atoms with E-state index in [0.29, 0.717) is 0 Å². The van der Waals surface area contributed by atoms with Crippen LogP contribution in [0.4, 0.5) is 0 Å². The minimum atomic E-state index is -0.715. The van der Waals surface area contributed by atoms with Crippen molar-refractivity contribution < 1.29 is 5.11 Å². The molecule has 0 radical (unpaired) electrons. The summed E-state index contributed by atoms with van der Waals surface area (Å²) in [4.78, 5) is 2.17. The summed E-state index contributed by atoms with van der Waals surface area (Å²) in [5.74, 6) is 0.105. The normalized spacial score (nSPS) is 15.3. The molecular weight excluding hydrogens is 282 g/mol. The van der Waals surface area contributed by atoms with Gasteiger partial charge in [-0.15, -0.1) is 0 Å². The molecule has 0 amide bonds. The Balaban J connectivity index is 2.18. The lowest BCUT2D eigenvalue weighted by Crippen LogP contribution is -2.35. The Hall–Kier alpha value is -1.64. The van der Waals surface area contributed by atoms with E-state index in [9.17, 15) is 5.11 Å². The van der Waals surface area contributed by atoms with Gasteiger partial charge in [-0.25, -0.2) is 0 Å². The van der Waals surface area contributed by atoms with Crippen molar-refractivity contribution in [2.75, 3.05) is 20.6 Å². The highest BCUT2D eigenvalue weighted by Crippen LogP contribution is 2.35. The Bertz CT molecular complexity index is 563. The number of hydrogen-bond donors (Lipinski definition) is 1. The molecule has 0 heterocycles. The van der Waals surface area contributed by atoms with Crippen LogP contribution < -0.4 is 0 Å². The van der Waals surface area contributed by atoms with Crippen LogP contribution in [0.1, 0.15) is 36.8 Å². The summed E-state index contributed by atoms with van der Waals surface area (Å²) in [7, 11) is 4.15. The van der Waals surface area contributed by atoms with Gasteiger partial charge in [0.15, 0.2) is 0 Å². The maximum Gasteiger partial charge on any atom is 0.0691 e. The Morgan fingerprint density at radius 1 is 0.957 bits per heavy atom. The maximum absolute atomic E-state index is 11.2. The van der Waals surface area contributed by atoms with Crippen LogP contribution in [0, 0.1) is 0 Å². The molecule has 23 heavy (non-hydrogen) atoms. The van der Waals surface area contributed by atoms with Gasteiger partial charge < -0.3 is 10.0 Å². The number of nitrogens with zero attached hydrogens (tertiary/aromatic N) is 1. The molecule has 1 N–H and O–H groups in total. The average Bonchev–Trinajstić information content (AvgIpc) is 2.54. The Morgan fingerprint density at radius 2 is 1.52 bits per heavy atom. The number of aliphatic hydroxyl groups is 1. The lowest BCUT2D eigenvalue weighted by molar-refractivity contribution is 0.0184. The second-order valence-corrected chi connectivity index (χ2v) is 6.92. The quantitative estimate of drug-likeness (QED) is 0.793. The van der Waals surface area contributed by atoms with Crippen molar-refractivity contribution in [1.29, 1.82) is 0 Å². The molecule has 2 aromatic carbocycles. The van der Waals surface area contributed by atoms with Crippen LogP contribution in [0.2, 0.25) is 0 Å². The summed E-state index contributed by atoms with van der Waals surface area (Å²) in [6.07, 6.45) is 2.66. The van der Waals surface area contributed by atoms with Gasteiger partial charge in [-0.05, 0) is 58.0 Å². The minimum absolute atomic E-state index is 0.105. The predicted molar refractivity (Wildman–Crippen MR) is 97.7 cm³/mol. The van der Waals surface area contributed by atoms with Gasteiger partial charge in [0.2, 0.25) is 0 Å². The third kappa shape index (κ3) is 5.49. The van der Waals surface area contributed by atoms with Gasteiger partial charge in [-0.2, -0.15) is 0 Å². The van der Waals surface area contributed by atoms with Crippen LogP contribution in [-0.4, -0.2) is 36.2 Å². The monoisotopic (exact) mass is 311 g/mol. The number of hydrogen-bond acceptors (Lipinski definition) is 2. The van der Waals surface area contributed by atoms with E-state index < -0.39 is 5.60 Å². The van der Waals surface area contributed by atoms with E-state index in [0.717, 1.165) is 25.8 Å². The van der Waals surface area contributed by atoms with Crippen LogP contribution in [0.25, 0.3) is 0 Å². The minimum Gasteiger partial charge on any atom is -0.390 e. The van der Waals surface area contributed by atoms with Crippen molar-refractivity contribution in [3.05, 3.63) is 71.8 Å². The van der Waals surface area contributed by atoms with Crippen molar-refractivity contribution in [2.45, 2.75) is 37.7 Å². The molecular formula is C21H29NO. The lowest BCUT2D eigenvalue weighted by atomic mass is 9.77. The van der Waals surface area contributed by atoms with Crippen LogP contribution in [0.5, 0.6) is 0 Å². The average molecular weight is 311 g/mol. The van der Waals surface area contributed by atoms with Crippen molar-refractivity contribution in [2.24, 2.45) is 0 Å². The molecule has 0 aliphatic rings. The van der Waals surface area contributed by atoms with Crippen LogP contribution >= 0.6 is 0 Å². The first-order valence-electron chi connectivity index (χ1n) is 8.45. The van der Waals surface area contributed by atoms with Gasteiger partial charge in [0, 0.05) is 5.92 Å². The highest BCUT2D eigenvalue weighted by atomic mass is 16.3. The number of benzene rings is 2. The third-order valence-electron chi connectivity index (χ3n) is 4.52. The molecule has 0 fully saturated rings. The fourth-order valence-corrected chi connectivity index (χ4v) is 3.16. The van der Waals surface area contributed by atoms with Gasteiger partial charge in [-0.1, -0.05) is 60.7 Å². The summed E-state index contributed by atoms with van der Waals surface area (Å²) in [6.45, 7) is 2.99. The first-order valence-corrected chi connectivity index (χ1v) is 8.45. The molecule has 0 aliphatic carbocycles. The zero-order valence-corrected chi connectivity index (χ0v) is 14.6. The second kappa shape index (κ2) is 8.28. The SMILES string of the molecule is CN(C)CCC[C@@](C)(O)[C@@H](Cc1ccccc1)c1ccccc1. The molecule has 2 rings (SSSR count). The van der Waals surface area contributed by atoms with Crippen molar-refractivity contribution in [3.8, 4) is 0 Å². The molecule has 0 aromatic heterocycles. The van der Waals surface area contributed by atoms with Crippen LogP contribution in [0.15, 0.2) is 60.7 Å². The largest absolute Gasteiger partial charge is 0.390 e. The molecule has 0 saturated heterocycles. The molecule has 2 aromatic rings. The van der Waals surface area contributed by atoms with Crippen LogP contribution in [-0.2, 0) is 6.42 Å². The Morgan fingerprint density at radius 3 is 2.09 bits per heavy atom. The van der Waals surface area contributed by atoms with E-state index in [-0.39, 0.29) is 5.92 Å². The first kappa shape index (κ1) is 17.7. The van der Waals surface area contributed by atoms with E-state index in [1.54, 1.807) is 0 Å². The Labute approximate surface area is 140 Å². The summed E-state index contributed by atoms with van der Waals surface area (Å²) < 4.78 is 0. The topological polar surface area (TPSA) is 23.5 Å². The van der Waals surface area contributed by atoms with E-state index >= 15 is 0 Å². The molecule has 0 unspecified atom stereocenters. The fraction of sp³-hybridized carbons (Fsp3) is 0.429. The molecule has 0 aliphatic heterocycles. The van der Waals surface area contributed by atoms with E-state index in [4.69, 9.17) is 0 Å². The standard InChI is InChI=1S/C21H29NO/c1-21(23,15-10-16-22(2)3)20(19-13-8-5-9-14-19)17-18-11-6-4-7-12-18/h4-9,11-14,20,23H,10,15-17H2,1-3H3/t20-,21+/m0/s1. The first-order chi connectivity index (χ1) is 11.0. The zero-order chi connectivity index (χ0) is 16.7. The van der Waals surface area contributed by atoms with Gasteiger partial charge >= 0.3 is 0 Å². The molecule has 0 spiro atoms. The van der Waals surface area contributed by atoms with Crippen molar-refractivity contribution in [3.63, 3.8) is 0 Å². The van der Waals surface area contributed by atoms with Gasteiger partial charge in [0.25, 0.3) is 0 Å². The molecule has 124 valence electrons. The van der Waals surface area contributed by atoms with Gasteiger partial charge in [0.1, 0.15) is 0 Å². The molecule has 0 bridgehead atoms. The van der Waals surface area contributed by atoms with E-state index in [1.807, 2.05) is 19.1 Å². The number of rotatable bonds is 8. The third-order valence-corrected chi connectivity index (χ3v) is 4.52.